The normalized spacial score (nSPS) is 35.4. The fourth-order valence-corrected chi connectivity index (χ4v) is 9.83. The first kappa shape index (κ1) is 24.1. The van der Waals surface area contributed by atoms with Crippen LogP contribution in [0.15, 0.2) is 42.5 Å². The Labute approximate surface area is 209 Å². The first-order valence-electron chi connectivity index (χ1n) is 14.7. The summed E-state index contributed by atoms with van der Waals surface area (Å²) in [4.78, 5) is 0. The van der Waals surface area contributed by atoms with Crippen LogP contribution in [0.5, 0.6) is 0 Å². The quantitative estimate of drug-likeness (QED) is 0.420. The van der Waals surface area contributed by atoms with Gasteiger partial charge in [0.05, 0.1) is 0 Å². The highest BCUT2D eigenvalue weighted by Gasteiger charge is 2.59. The van der Waals surface area contributed by atoms with Crippen molar-refractivity contribution in [2.75, 3.05) is 0 Å². The monoisotopic (exact) mass is 456 g/mol. The van der Waals surface area contributed by atoms with Gasteiger partial charge in [-0.3, -0.25) is 0 Å². The molecule has 3 fully saturated rings. The first-order chi connectivity index (χ1) is 16.5. The van der Waals surface area contributed by atoms with E-state index in [1.165, 1.54) is 64.2 Å². The van der Waals surface area contributed by atoms with E-state index in [9.17, 15) is 0 Å². The highest BCUT2D eigenvalue weighted by Crippen LogP contribution is 2.68. The van der Waals surface area contributed by atoms with Crippen LogP contribution in [-0.4, -0.2) is 0 Å². The second kappa shape index (κ2) is 9.83. The lowest BCUT2D eigenvalue weighted by atomic mass is 9.40. The van der Waals surface area contributed by atoms with E-state index >= 15 is 0 Å². The zero-order chi connectivity index (χ0) is 23.9. The van der Waals surface area contributed by atoms with Crippen LogP contribution in [0.2, 0.25) is 0 Å². The third-order valence-electron chi connectivity index (χ3n) is 11.0. The molecule has 3 aliphatic rings. The van der Waals surface area contributed by atoms with E-state index in [0.29, 0.717) is 5.41 Å². The van der Waals surface area contributed by atoms with Gasteiger partial charge in [0.25, 0.3) is 0 Å². The minimum atomic E-state index is 0.583. The van der Waals surface area contributed by atoms with Crippen molar-refractivity contribution in [1.82, 2.24) is 0 Å². The molecule has 1 spiro atoms. The molecule has 7 atom stereocenters. The molecule has 0 nitrogen and oxygen atoms in total. The second-order valence-corrected chi connectivity index (χ2v) is 12.2. The van der Waals surface area contributed by atoms with Gasteiger partial charge >= 0.3 is 0 Å². The second-order valence-electron chi connectivity index (χ2n) is 12.2. The summed E-state index contributed by atoms with van der Waals surface area (Å²) in [6, 6.07) is 16.6. The van der Waals surface area contributed by atoms with Gasteiger partial charge in [-0.1, -0.05) is 89.9 Å². The molecule has 0 N–H and O–H groups in total. The molecule has 3 aliphatic carbocycles. The van der Waals surface area contributed by atoms with Gasteiger partial charge in [0.1, 0.15) is 0 Å². The summed E-state index contributed by atoms with van der Waals surface area (Å²) in [5.41, 5.74) is 8.89. The van der Waals surface area contributed by atoms with Crippen LogP contribution in [0.3, 0.4) is 0 Å². The zero-order valence-corrected chi connectivity index (χ0v) is 22.6. The number of hydrogen-bond acceptors (Lipinski definition) is 0. The van der Waals surface area contributed by atoms with Crippen molar-refractivity contribution in [2.45, 2.75) is 111 Å². The third kappa shape index (κ3) is 3.79. The number of aryl methyl sites for hydroxylation is 3. The predicted octanol–water partition coefficient (Wildman–Crippen LogP) is 9.50. The number of rotatable bonds is 5. The molecule has 34 heavy (non-hydrogen) atoms. The average molecular weight is 457 g/mol. The molecule has 2 aromatic carbocycles. The van der Waals surface area contributed by atoms with Gasteiger partial charge in [-0.2, -0.15) is 0 Å². The molecule has 0 radical (unpaired) electrons. The van der Waals surface area contributed by atoms with Gasteiger partial charge in [-0.15, -0.1) is 0 Å². The van der Waals surface area contributed by atoms with Crippen molar-refractivity contribution in [3.8, 4) is 0 Å². The smallest absolute Gasteiger partial charge is 0.0151 e. The summed E-state index contributed by atoms with van der Waals surface area (Å²) in [5.74, 6) is 5.05. The molecular formula is C34H48. The van der Waals surface area contributed by atoms with Gasteiger partial charge in [0, 0.05) is 0 Å². The largest absolute Gasteiger partial charge is 0.0620 e. The predicted molar refractivity (Wildman–Crippen MR) is 147 cm³/mol. The van der Waals surface area contributed by atoms with Gasteiger partial charge < -0.3 is 0 Å². The lowest BCUT2D eigenvalue weighted by Crippen LogP contribution is -2.56. The SMILES string of the molecule is CCc1ccccc1C1CC2CCCC(C)C23[C@H](C1)CC(c1c(CC)cccc1CC)C[C@@H]3C. The van der Waals surface area contributed by atoms with Crippen LogP contribution in [0.1, 0.15) is 119 Å². The van der Waals surface area contributed by atoms with Gasteiger partial charge in [0.15, 0.2) is 0 Å². The molecule has 2 aromatic rings. The molecule has 3 saturated carbocycles. The maximum atomic E-state index is 2.68. The van der Waals surface area contributed by atoms with Crippen LogP contribution in [0.25, 0.3) is 0 Å². The summed E-state index contributed by atoms with van der Waals surface area (Å²) >= 11 is 0. The van der Waals surface area contributed by atoms with E-state index < -0.39 is 0 Å². The number of hydrogen-bond donors (Lipinski definition) is 0. The molecule has 0 aromatic heterocycles. The van der Waals surface area contributed by atoms with E-state index in [0.717, 1.165) is 35.5 Å². The Hall–Kier alpha value is -1.56. The molecule has 0 amide bonds. The van der Waals surface area contributed by atoms with Crippen molar-refractivity contribution in [1.29, 1.82) is 0 Å². The topological polar surface area (TPSA) is 0 Å². The van der Waals surface area contributed by atoms with E-state index in [1.807, 2.05) is 0 Å². The van der Waals surface area contributed by atoms with Crippen LogP contribution in [0.4, 0.5) is 0 Å². The van der Waals surface area contributed by atoms with Gasteiger partial charge in [-0.05, 0) is 120 Å². The molecule has 0 heteroatoms. The Balaban J connectivity index is 1.55. The molecule has 0 saturated heterocycles. The highest BCUT2D eigenvalue weighted by molar-refractivity contribution is 5.40. The molecule has 0 bridgehead atoms. The highest BCUT2D eigenvalue weighted by atomic mass is 14.6. The standard InChI is InChI=1S/C34H48/c1-6-25-14-9-10-18-32(25)28-20-30-17-11-13-23(4)34(30)24(5)19-29(22-31(34)21-28)33-26(7-2)15-12-16-27(33)8-3/h9-10,12,14-16,18,23-24,28-31H,6-8,11,13,17,19-22H2,1-5H3/t23?,24-,28?,29?,30?,31+,34?/m0/s1. The van der Waals surface area contributed by atoms with Gasteiger partial charge in [-0.25, -0.2) is 0 Å². The molecule has 5 unspecified atom stereocenters. The fourth-order valence-electron chi connectivity index (χ4n) is 9.83. The Bertz CT molecular complexity index is 963. The van der Waals surface area contributed by atoms with Crippen LogP contribution in [0, 0.1) is 29.1 Å². The minimum Gasteiger partial charge on any atom is -0.0620 e. The summed E-state index contributed by atoms with van der Waals surface area (Å²) < 4.78 is 0. The van der Waals surface area contributed by atoms with E-state index in [-0.39, 0.29) is 0 Å². The summed E-state index contributed by atoms with van der Waals surface area (Å²) in [7, 11) is 0. The molecule has 0 aliphatic heterocycles. The Morgan fingerprint density at radius 2 is 1.26 bits per heavy atom. The Morgan fingerprint density at radius 1 is 0.647 bits per heavy atom. The minimum absolute atomic E-state index is 0.583. The van der Waals surface area contributed by atoms with E-state index in [4.69, 9.17) is 0 Å². The Morgan fingerprint density at radius 3 is 1.97 bits per heavy atom. The Kier molecular flexibility index (Phi) is 6.98. The van der Waals surface area contributed by atoms with E-state index in [1.54, 1.807) is 27.8 Å². The lowest BCUT2D eigenvalue weighted by Gasteiger charge is -2.64. The van der Waals surface area contributed by atoms with Crippen molar-refractivity contribution in [3.63, 3.8) is 0 Å². The van der Waals surface area contributed by atoms with Crippen LogP contribution in [-0.2, 0) is 19.3 Å². The molecule has 5 rings (SSSR count). The maximum Gasteiger partial charge on any atom is -0.0151 e. The van der Waals surface area contributed by atoms with Crippen molar-refractivity contribution < 1.29 is 0 Å². The first-order valence-corrected chi connectivity index (χ1v) is 14.7. The fraction of sp³-hybridized carbons (Fsp3) is 0.647. The maximum absolute atomic E-state index is 2.68. The summed E-state index contributed by atoms with van der Waals surface area (Å²) in [6.07, 6.45) is 13.6. The van der Waals surface area contributed by atoms with Crippen LogP contribution >= 0.6 is 0 Å². The zero-order valence-electron chi connectivity index (χ0n) is 22.6. The summed E-state index contributed by atoms with van der Waals surface area (Å²) in [5, 5.41) is 0. The molecule has 0 heterocycles. The van der Waals surface area contributed by atoms with Crippen molar-refractivity contribution >= 4 is 0 Å². The third-order valence-corrected chi connectivity index (χ3v) is 11.0. The van der Waals surface area contributed by atoms with Crippen molar-refractivity contribution in [3.05, 3.63) is 70.3 Å². The lowest BCUT2D eigenvalue weighted by molar-refractivity contribution is -0.135. The van der Waals surface area contributed by atoms with Gasteiger partial charge in [0.2, 0.25) is 0 Å². The number of benzene rings is 2. The molecule has 184 valence electrons. The molecular weight excluding hydrogens is 408 g/mol. The van der Waals surface area contributed by atoms with E-state index in [2.05, 4.69) is 77.1 Å². The summed E-state index contributed by atoms with van der Waals surface area (Å²) in [6.45, 7) is 12.4. The average Bonchev–Trinajstić information content (AvgIpc) is 2.87. The van der Waals surface area contributed by atoms with Crippen LogP contribution < -0.4 is 0 Å². The van der Waals surface area contributed by atoms with Crippen molar-refractivity contribution in [2.24, 2.45) is 29.1 Å².